The average molecular weight is 370 g/mol. The minimum absolute atomic E-state index is 0.476. The maximum absolute atomic E-state index is 6.30. The van der Waals surface area contributed by atoms with Crippen LogP contribution in [0.15, 0.2) is 82.0 Å². The SMILES string of the molecule is Cc1cc(N=Nc2ccc(OCC3=NCCC=C3)cc2)c(N)c2ccccc12. The van der Waals surface area contributed by atoms with E-state index in [4.69, 9.17) is 10.5 Å². The molecular weight excluding hydrogens is 348 g/mol. The molecule has 4 rings (SSSR count). The van der Waals surface area contributed by atoms with Crippen molar-refractivity contribution in [2.75, 3.05) is 18.9 Å². The van der Waals surface area contributed by atoms with Crippen molar-refractivity contribution in [1.82, 2.24) is 0 Å². The Labute approximate surface area is 164 Å². The number of hydrogen-bond acceptors (Lipinski definition) is 5. The zero-order valence-corrected chi connectivity index (χ0v) is 15.8. The summed E-state index contributed by atoms with van der Waals surface area (Å²) in [7, 11) is 0. The molecule has 5 nitrogen and oxygen atoms in total. The number of rotatable bonds is 5. The fraction of sp³-hybridized carbons (Fsp3) is 0.174. The van der Waals surface area contributed by atoms with E-state index in [-0.39, 0.29) is 0 Å². The highest BCUT2D eigenvalue weighted by Gasteiger charge is 2.07. The summed E-state index contributed by atoms with van der Waals surface area (Å²) in [5.41, 5.74) is 10.5. The highest BCUT2D eigenvalue weighted by molar-refractivity contribution is 6.00. The highest BCUT2D eigenvalue weighted by atomic mass is 16.5. The fourth-order valence-corrected chi connectivity index (χ4v) is 3.17. The molecule has 0 saturated carbocycles. The first-order chi connectivity index (χ1) is 13.7. The van der Waals surface area contributed by atoms with Gasteiger partial charge in [0.25, 0.3) is 0 Å². The molecule has 5 heteroatoms. The number of nitrogens with zero attached hydrogens (tertiary/aromatic N) is 3. The number of aliphatic imine (C=N–C) groups is 1. The van der Waals surface area contributed by atoms with Gasteiger partial charge < -0.3 is 10.5 Å². The van der Waals surface area contributed by atoms with E-state index in [1.165, 1.54) is 0 Å². The van der Waals surface area contributed by atoms with Crippen LogP contribution in [0.5, 0.6) is 5.75 Å². The number of fused-ring (bicyclic) bond motifs is 1. The van der Waals surface area contributed by atoms with Gasteiger partial charge in [-0.05, 0) is 60.7 Å². The summed E-state index contributed by atoms with van der Waals surface area (Å²) in [5.74, 6) is 0.779. The third-order valence-electron chi connectivity index (χ3n) is 4.69. The molecule has 0 amide bonds. The number of nitrogen functional groups attached to an aromatic ring is 1. The zero-order chi connectivity index (χ0) is 19.3. The molecule has 3 aromatic carbocycles. The van der Waals surface area contributed by atoms with Crippen LogP contribution in [-0.4, -0.2) is 18.9 Å². The molecular formula is C23H22N4O. The zero-order valence-electron chi connectivity index (χ0n) is 15.8. The molecule has 0 bridgehead atoms. The molecule has 2 N–H and O–H groups in total. The first-order valence-corrected chi connectivity index (χ1v) is 9.33. The van der Waals surface area contributed by atoms with Crippen molar-refractivity contribution in [2.45, 2.75) is 13.3 Å². The number of anilines is 1. The molecule has 140 valence electrons. The van der Waals surface area contributed by atoms with Gasteiger partial charge in [-0.1, -0.05) is 30.3 Å². The van der Waals surface area contributed by atoms with Crippen LogP contribution in [0.2, 0.25) is 0 Å². The van der Waals surface area contributed by atoms with E-state index in [2.05, 4.69) is 34.3 Å². The van der Waals surface area contributed by atoms with Gasteiger partial charge in [0.15, 0.2) is 0 Å². The molecule has 0 aliphatic carbocycles. The van der Waals surface area contributed by atoms with E-state index in [9.17, 15) is 0 Å². The number of azo groups is 1. The predicted molar refractivity (Wildman–Crippen MR) is 115 cm³/mol. The van der Waals surface area contributed by atoms with Crippen LogP contribution in [-0.2, 0) is 0 Å². The Kier molecular flexibility index (Phi) is 5.15. The fourth-order valence-electron chi connectivity index (χ4n) is 3.17. The monoisotopic (exact) mass is 370 g/mol. The Morgan fingerprint density at radius 2 is 1.82 bits per heavy atom. The smallest absolute Gasteiger partial charge is 0.130 e. The summed E-state index contributed by atoms with van der Waals surface area (Å²) in [6, 6.07) is 17.6. The van der Waals surface area contributed by atoms with Crippen molar-refractivity contribution in [1.29, 1.82) is 0 Å². The van der Waals surface area contributed by atoms with Crippen LogP contribution in [0, 0.1) is 6.92 Å². The van der Waals surface area contributed by atoms with E-state index in [0.717, 1.165) is 46.5 Å². The first kappa shape index (κ1) is 17.9. The first-order valence-electron chi connectivity index (χ1n) is 9.33. The molecule has 0 unspecified atom stereocenters. The standard InChI is InChI=1S/C23H22N4O/c1-16-14-22(23(24)21-8-3-2-7-20(16)21)27-26-17-9-11-19(12-10-17)28-15-18-6-4-5-13-25-18/h2-4,6-12,14H,5,13,15,24H2,1H3. The van der Waals surface area contributed by atoms with E-state index < -0.39 is 0 Å². The van der Waals surface area contributed by atoms with Crippen molar-refractivity contribution in [2.24, 2.45) is 15.2 Å². The summed E-state index contributed by atoms with van der Waals surface area (Å²) in [5, 5.41) is 10.8. The third kappa shape index (κ3) is 3.93. The number of nitrogens with two attached hydrogens (primary N) is 1. The third-order valence-corrected chi connectivity index (χ3v) is 4.69. The lowest BCUT2D eigenvalue weighted by molar-refractivity contribution is 0.376. The maximum Gasteiger partial charge on any atom is 0.130 e. The van der Waals surface area contributed by atoms with Crippen molar-refractivity contribution in [3.63, 3.8) is 0 Å². The van der Waals surface area contributed by atoms with Gasteiger partial charge in [0.1, 0.15) is 18.0 Å². The van der Waals surface area contributed by atoms with Crippen molar-refractivity contribution in [3.8, 4) is 5.75 Å². The summed E-state index contributed by atoms with van der Waals surface area (Å²) < 4.78 is 5.77. The molecule has 1 aliphatic rings. The molecule has 0 saturated heterocycles. The van der Waals surface area contributed by atoms with Gasteiger partial charge in [-0.3, -0.25) is 4.99 Å². The minimum atomic E-state index is 0.476. The van der Waals surface area contributed by atoms with Gasteiger partial charge in [-0.2, -0.15) is 5.11 Å². The van der Waals surface area contributed by atoms with Crippen LogP contribution in [0.1, 0.15) is 12.0 Å². The lowest BCUT2D eigenvalue weighted by Gasteiger charge is -2.09. The molecule has 3 aromatic rings. The van der Waals surface area contributed by atoms with E-state index in [0.29, 0.717) is 18.0 Å². The average Bonchev–Trinajstić information content (AvgIpc) is 2.75. The summed E-state index contributed by atoms with van der Waals surface area (Å²) in [6.07, 6.45) is 5.14. The van der Waals surface area contributed by atoms with Crippen molar-refractivity contribution < 1.29 is 4.74 Å². The van der Waals surface area contributed by atoms with Gasteiger partial charge in [0.2, 0.25) is 0 Å². The number of aryl methyl sites for hydroxylation is 1. The van der Waals surface area contributed by atoms with Crippen molar-refractivity contribution in [3.05, 3.63) is 72.3 Å². The van der Waals surface area contributed by atoms with Crippen molar-refractivity contribution >= 4 is 33.5 Å². The van der Waals surface area contributed by atoms with E-state index >= 15 is 0 Å². The highest BCUT2D eigenvalue weighted by Crippen LogP contribution is 2.34. The number of hydrogen-bond donors (Lipinski definition) is 1. The summed E-state index contributed by atoms with van der Waals surface area (Å²) in [4.78, 5) is 4.42. The van der Waals surface area contributed by atoms with Crippen LogP contribution in [0.3, 0.4) is 0 Å². The minimum Gasteiger partial charge on any atom is -0.487 e. The van der Waals surface area contributed by atoms with Gasteiger partial charge >= 0.3 is 0 Å². The van der Waals surface area contributed by atoms with E-state index in [1.54, 1.807) is 0 Å². The molecule has 0 radical (unpaired) electrons. The number of dihydropyridines is 1. The van der Waals surface area contributed by atoms with Gasteiger partial charge in [-0.15, -0.1) is 5.11 Å². The molecule has 0 fully saturated rings. The molecule has 0 aromatic heterocycles. The predicted octanol–water partition coefficient (Wildman–Crippen LogP) is 5.93. The summed E-state index contributed by atoms with van der Waals surface area (Å²) in [6.45, 7) is 3.37. The molecule has 1 aliphatic heterocycles. The lowest BCUT2D eigenvalue weighted by Crippen LogP contribution is -2.11. The number of benzene rings is 3. The quantitative estimate of drug-likeness (QED) is 0.447. The van der Waals surface area contributed by atoms with Gasteiger partial charge in [0, 0.05) is 11.9 Å². The van der Waals surface area contributed by atoms with Crippen LogP contribution in [0.4, 0.5) is 17.1 Å². The van der Waals surface area contributed by atoms with Crippen LogP contribution >= 0.6 is 0 Å². The van der Waals surface area contributed by atoms with E-state index in [1.807, 2.05) is 54.6 Å². The second kappa shape index (κ2) is 8.05. The Morgan fingerprint density at radius 1 is 1.04 bits per heavy atom. The van der Waals surface area contributed by atoms with Crippen LogP contribution in [0.25, 0.3) is 10.8 Å². The maximum atomic E-state index is 6.30. The largest absolute Gasteiger partial charge is 0.487 e. The normalized spacial score (nSPS) is 13.8. The second-order valence-electron chi connectivity index (χ2n) is 6.72. The second-order valence-corrected chi connectivity index (χ2v) is 6.72. The Bertz CT molecular complexity index is 1080. The Hall–Kier alpha value is -3.47. The molecule has 1 heterocycles. The van der Waals surface area contributed by atoms with Gasteiger partial charge in [0.05, 0.1) is 17.1 Å². The molecule has 0 spiro atoms. The molecule has 0 atom stereocenters. The Morgan fingerprint density at radius 3 is 2.57 bits per heavy atom. The van der Waals surface area contributed by atoms with Crippen LogP contribution < -0.4 is 10.5 Å². The topological polar surface area (TPSA) is 72.3 Å². The summed E-state index contributed by atoms with van der Waals surface area (Å²) >= 11 is 0. The molecule has 28 heavy (non-hydrogen) atoms. The lowest BCUT2D eigenvalue weighted by atomic mass is 10.0. The number of ether oxygens (including phenoxy) is 1. The Balaban J connectivity index is 1.48. The van der Waals surface area contributed by atoms with Gasteiger partial charge in [-0.25, -0.2) is 0 Å².